The van der Waals surface area contributed by atoms with Crippen molar-refractivity contribution in [2.45, 2.75) is 0 Å². The number of hydrogen-bond donors (Lipinski definition) is 2. The van der Waals surface area contributed by atoms with Crippen LogP contribution >= 0.6 is 0 Å². The highest BCUT2D eigenvalue weighted by Crippen LogP contribution is 2.21. The first-order chi connectivity index (χ1) is 14.3. The number of carbonyl (C=O) groups is 1. The Labute approximate surface area is 168 Å². The Bertz CT molecular complexity index is 1060. The second-order valence-corrected chi connectivity index (χ2v) is 6.28. The van der Waals surface area contributed by atoms with Gasteiger partial charge in [-0.25, -0.2) is 14.6 Å². The quantitative estimate of drug-likeness (QED) is 0.478. The SMILES string of the molecule is O=C(NCCNc1ncccn1)c1cc(-c2ccccc2)nn1-c1ccccc1. The summed E-state index contributed by atoms with van der Waals surface area (Å²) in [6, 6.07) is 23.0. The summed E-state index contributed by atoms with van der Waals surface area (Å²) in [6.07, 6.45) is 3.33. The van der Waals surface area contributed by atoms with E-state index in [2.05, 4.69) is 25.7 Å². The molecule has 0 saturated carbocycles. The Kier molecular flexibility index (Phi) is 5.57. The average molecular weight is 384 g/mol. The van der Waals surface area contributed by atoms with Crippen LogP contribution in [-0.2, 0) is 0 Å². The van der Waals surface area contributed by atoms with Crippen molar-refractivity contribution in [2.24, 2.45) is 0 Å². The minimum atomic E-state index is -0.195. The van der Waals surface area contributed by atoms with Crippen molar-refractivity contribution in [1.82, 2.24) is 25.1 Å². The molecule has 0 spiro atoms. The monoisotopic (exact) mass is 384 g/mol. The Morgan fingerprint density at radius 1 is 0.862 bits per heavy atom. The molecule has 4 rings (SSSR count). The van der Waals surface area contributed by atoms with E-state index in [0.717, 1.165) is 16.9 Å². The maximum Gasteiger partial charge on any atom is 0.270 e. The van der Waals surface area contributed by atoms with E-state index >= 15 is 0 Å². The van der Waals surface area contributed by atoms with Crippen LogP contribution in [0.25, 0.3) is 16.9 Å². The van der Waals surface area contributed by atoms with Crippen LogP contribution in [0.3, 0.4) is 0 Å². The van der Waals surface area contributed by atoms with Crippen molar-refractivity contribution >= 4 is 11.9 Å². The van der Waals surface area contributed by atoms with E-state index in [4.69, 9.17) is 0 Å². The predicted octanol–water partition coefficient (Wildman–Crippen LogP) is 3.17. The molecule has 1 amide bonds. The van der Waals surface area contributed by atoms with Gasteiger partial charge in [-0.05, 0) is 24.3 Å². The van der Waals surface area contributed by atoms with Crippen LogP contribution < -0.4 is 10.6 Å². The second kappa shape index (κ2) is 8.79. The molecule has 0 atom stereocenters. The molecule has 0 fully saturated rings. The summed E-state index contributed by atoms with van der Waals surface area (Å²) < 4.78 is 1.67. The largest absolute Gasteiger partial charge is 0.352 e. The van der Waals surface area contributed by atoms with Crippen molar-refractivity contribution in [2.75, 3.05) is 18.4 Å². The number of aromatic nitrogens is 4. The van der Waals surface area contributed by atoms with E-state index in [1.807, 2.05) is 66.7 Å². The van der Waals surface area contributed by atoms with Crippen LogP contribution in [-0.4, -0.2) is 38.7 Å². The number of amides is 1. The fraction of sp³-hybridized carbons (Fsp3) is 0.0909. The zero-order valence-corrected chi connectivity index (χ0v) is 15.7. The predicted molar refractivity (Wildman–Crippen MR) is 112 cm³/mol. The first kappa shape index (κ1) is 18.4. The van der Waals surface area contributed by atoms with Crippen molar-refractivity contribution < 1.29 is 4.79 Å². The molecule has 0 aliphatic heterocycles. The zero-order chi connectivity index (χ0) is 19.9. The van der Waals surface area contributed by atoms with Crippen molar-refractivity contribution in [3.63, 3.8) is 0 Å². The van der Waals surface area contributed by atoms with Gasteiger partial charge in [0.15, 0.2) is 0 Å². The van der Waals surface area contributed by atoms with Gasteiger partial charge in [-0.2, -0.15) is 5.10 Å². The van der Waals surface area contributed by atoms with E-state index in [0.29, 0.717) is 24.7 Å². The highest BCUT2D eigenvalue weighted by Gasteiger charge is 2.17. The van der Waals surface area contributed by atoms with E-state index in [-0.39, 0.29) is 5.91 Å². The normalized spacial score (nSPS) is 10.5. The van der Waals surface area contributed by atoms with Crippen LogP contribution in [0.1, 0.15) is 10.5 Å². The van der Waals surface area contributed by atoms with Gasteiger partial charge in [-0.15, -0.1) is 0 Å². The summed E-state index contributed by atoms with van der Waals surface area (Å²) in [5, 5.41) is 10.7. The van der Waals surface area contributed by atoms with Crippen LogP contribution in [0.2, 0.25) is 0 Å². The molecule has 29 heavy (non-hydrogen) atoms. The first-order valence-corrected chi connectivity index (χ1v) is 9.31. The van der Waals surface area contributed by atoms with Gasteiger partial charge < -0.3 is 10.6 Å². The Morgan fingerprint density at radius 3 is 2.28 bits per heavy atom. The number of rotatable bonds is 7. The summed E-state index contributed by atoms with van der Waals surface area (Å²) in [6.45, 7) is 0.943. The molecule has 7 nitrogen and oxygen atoms in total. The number of carbonyl (C=O) groups excluding carboxylic acids is 1. The van der Waals surface area contributed by atoms with Crippen LogP contribution in [0.5, 0.6) is 0 Å². The lowest BCUT2D eigenvalue weighted by atomic mass is 10.1. The van der Waals surface area contributed by atoms with Crippen molar-refractivity contribution in [3.05, 3.63) is 90.9 Å². The summed E-state index contributed by atoms with van der Waals surface area (Å²) in [5.41, 5.74) is 3.01. The second-order valence-electron chi connectivity index (χ2n) is 6.28. The van der Waals surface area contributed by atoms with Gasteiger partial charge in [-0.3, -0.25) is 4.79 Å². The number of benzene rings is 2. The Balaban J connectivity index is 1.51. The van der Waals surface area contributed by atoms with Gasteiger partial charge in [0.25, 0.3) is 5.91 Å². The maximum absolute atomic E-state index is 12.9. The lowest BCUT2D eigenvalue weighted by Gasteiger charge is -2.09. The van der Waals surface area contributed by atoms with E-state index in [1.54, 1.807) is 23.1 Å². The molecule has 0 saturated heterocycles. The molecule has 2 aromatic heterocycles. The fourth-order valence-corrected chi connectivity index (χ4v) is 2.89. The van der Waals surface area contributed by atoms with Gasteiger partial charge in [0.2, 0.25) is 5.95 Å². The summed E-state index contributed by atoms with van der Waals surface area (Å²) >= 11 is 0. The molecule has 0 unspecified atom stereocenters. The summed E-state index contributed by atoms with van der Waals surface area (Å²) in [4.78, 5) is 21.1. The molecule has 2 aromatic carbocycles. The van der Waals surface area contributed by atoms with Gasteiger partial charge in [0, 0.05) is 31.0 Å². The molecule has 144 valence electrons. The Morgan fingerprint density at radius 2 is 1.55 bits per heavy atom. The molecule has 0 radical (unpaired) electrons. The average Bonchev–Trinajstić information content (AvgIpc) is 3.24. The standard InChI is InChI=1S/C22H20N6O/c29-21(23-14-15-26-22-24-12-7-13-25-22)20-16-19(17-8-3-1-4-9-17)27-28(20)18-10-5-2-6-11-18/h1-13,16H,14-15H2,(H,23,29)(H,24,25,26). The van der Waals surface area contributed by atoms with Crippen molar-refractivity contribution in [1.29, 1.82) is 0 Å². The maximum atomic E-state index is 12.9. The van der Waals surface area contributed by atoms with Gasteiger partial charge in [-0.1, -0.05) is 48.5 Å². The number of para-hydroxylation sites is 1. The molecule has 2 heterocycles. The molecular weight excluding hydrogens is 364 g/mol. The third kappa shape index (κ3) is 4.47. The molecule has 7 heteroatoms. The van der Waals surface area contributed by atoms with Crippen LogP contribution in [0.15, 0.2) is 85.2 Å². The lowest BCUT2D eigenvalue weighted by molar-refractivity contribution is 0.0947. The lowest BCUT2D eigenvalue weighted by Crippen LogP contribution is -2.30. The summed E-state index contributed by atoms with van der Waals surface area (Å²) in [7, 11) is 0. The highest BCUT2D eigenvalue weighted by atomic mass is 16.2. The topological polar surface area (TPSA) is 84.7 Å². The van der Waals surface area contributed by atoms with E-state index < -0.39 is 0 Å². The van der Waals surface area contributed by atoms with E-state index in [1.165, 1.54) is 0 Å². The van der Waals surface area contributed by atoms with Gasteiger partial charge >= 0.3 is 0 Å². The third-order valence-corrected chi connectivity index (χ3v) is 4.27. The van der Waals surface area contributed by atoms with Gasteiger partial charge in [0.05, 0.1) is 11.4 Å². The number of nitrogens with one attached hydrogen (secondary N) is 2. The molecule has 0 aliphatic carbocycles. The zero-order valence-electron chi connectivity index (χ0n) is 15.7. The summed E-state index contributed by atoms with van der Waals surface area (Å²) in [5.74, 6) is 0.335. The van der Waals surface area contributed by atoms with Crippen molar-refractivity contribution in [3.8, 4) is 16.9 Å². The minimum Gasteiger partial charge on any atom is -0.352 e. The third-order valence-electron chi connectivity index (χ3n) is 4.27. The number of anilines is 1. The van der Waals surface area contributed by atoms with Crippen LogP contribution in [0.4, 0.5) is 5.95 Å². The van der Waals surface area contributed by atoms with Crippen LogP contribution in [0, 0.1) is 0 Å². The smallest absolute Gasteiger partial charge is 0.270 e. The highest BCUT2D eigenvalue weighted by molar-refractivity contribution is 5.94. The molecule has 0 bridgehead atoms. The molecular formula is C22H20N6O. The van der Waals surface area contributed by atoms with Gasteiger partial charge in [0.1, 0.15) is 5.69 Å². The minimum absolute atomic E-state index is 0.195. The molecule has 0 aliphatic rings. The van der Waals surface area contributed by atoms with E-state index in [9.17, 15) is 4.79 Å². The molecule has 4 aromatic rings. The Hall–Kier alpha value is -4.00. The first-order valence-electron chi connectivity index (χ1n) is 9.31. The number of nitrogens with zero attached hydrogens (tertiary/aromatic N) is 4. The fourth-order valence-electron chi connectivity index (χ4n) is 2.89. The molecule has 2 N–H and O–H groups in total. The number of hydrogen-bond acceptors (Lipinski definition) is 5.